The molecule has 148 valence electrons. The second-order valence-corrected chi connectivity index (χ2v) is 7.45. The third-order valence-corrected chi connectivity index (χ3v) is 5.52. The molecule has 3 aromatic rings. The Morgan fingerprint density at radius 2 is 1.41 bits per heavy atom. The van der Waals surface area contributed by atoms with Crippen molar-refractivity contribution in [2.45, 2.75) is 18.8 Å². The van der Waals surface area contributed by atoms with Crippen molar-refractivity contribution < 1.29 is 9.94 Å². The van der Waals surface area contributed by atoms with Gasteiger partial charge in [-0.25, -0.2) is 0 Å². The van der Waals surface area contributed by atoms with Crippen molar-refractivity contribution in [3.05, 3.63) is 96.1 Å². The van der Waals surface area contributed by atoms with E-state index in [0.717, 1.165) is 48.7 Å². The van der Waals surface area contributed by atoms with Crippen molar-refractivity contribution in [2.24, 2.45) is 5.16 Å². The Kier molecular flexibility index (Phi) is 6.22. The molecule has 1 N–H and O–H groups in total. The summed E-state index contributed by atoms with van der Waals surface area (Å²) in [5, 5.41) is 13.0. The van der Waals surface area contributed by atoms with E-state index in [-0.39, 0.29) is 0 Å². The van der Waals surface area contributed by atoms with Crippen LogP contribution in [0.15, 0.2) is 90.1 Å². The van der Waals surface area contributed by atoms with Gasteiger partial charge in [0, 0.05) is 12.1 Å². The highest BCUT2D eigenvalue weighted by atomic mass is 16.5. The third kappa shape index (κ3) is 5.04. The van der Waals surface area contributed by atoms with Gasteiger partial charge in [0.15, 0.2) is 0 Å². The van der Waals surface area contributed by atoms with Crippen molar-refractivity contribution in [2.75, 3.05) is 19.6 Å². The van der Waals surface area contributed by atoms with E-state index in [1.807, 2.05) is 60.7 Å². The molecule has 0 radical (unpaired) electrons. The fourth-order valence-corrected chi connectivity index (χ4v) is 3.88. The van der Waals surface area contributed by atoms with Crippen LogP contribution >= 0.6 is 0 Å². The lowest BCUT2D eigenvalue weighted by atomic mass is 9.89. The zero-order valence-electron chi connectivity index (χ0n) is 16.4. The van der Waals surface area contributed by atoms with Gasteiger partial charge in [-0.1, -0.05) is 65.8 Å². The van der Waals surface area contributed by atoms with E-state index in [4.69, 9.17) is 4.74 Å². The molecule has 3 aromatic carbocycles. The zero-order chi connectivity index (χ0) is 19.9. The molecule has 0 aromatic heterocycles. The molecule has 1 aliphatic heterocycles. The first-order valence-corrected chi connectivity index (χ1v) is 10.1. The topological polar surface area (TPSA) is 45.1 Å². The first-order chi connectivity index (χ1) is 14.3. The minimum absolute atomic E-state index is 0.559. The molecule has 29 heavy (non-hydrogen) atoms. The van der Waals surface area contributed by atoms with Gasteiger partial charge >= 0.3 is 0 Å². The monoisotopic (exact) mass is 386 g/mol. The van der Waals surface area contributed by atoms with Gasteiger partial charge in [-0.2, -0.15) is 0 Å². The van der Waals surface area contributed by atoms with Crippen molar-refractivity contribution in [1.29, 1.82) is 0 Å². The number of piperidine rings is 1. The second kappa shape index (κ2) is 9.39. The van der Waals surface area contributed by atoms with Crippen LogP contribution in [0.4, 0.5) is 0 Å². The first-order valence-electron chi connectivity index (χ1n) is 10.1. The SMILES string of the molecule is O/N=C(\CN1CCC(c2ccc(Oc3ccccc3)cc2)CC1)c1ccccc1. The fraction of sp³-hybridized carbons (Fsp3) is 0.240. The van der Waals surface area contributed by atoms with Crippen molar-refractivity contribution in [3.63, 3.8) is 0 Å². The molecular formula is C25H26N2O2. The average molecular weight is 386 g/mol. The number of nitrogens with zero attached hydrogens (tertiary/aromatic N) is 2. The molecule has 0 amide bonds. The van der Waals surface area contributed by atoms with Crippen LogP contribution in [-0.2, 0) is 0 Å². The number of hydrogen-bond acceptors (Lipinski definition) is 4. The van der Waals surface area contributed by atoms with Crippen LogP contribution < -0.4 is 4.74 Å². The molecule has 1 saturated heterocycles. The molecule has 1 aliphatic rings. The summed E-state index contributed by atoms with van der Waals surface area (Å²) in [5.41, 5.74) is 3.07. The highest BCUT2D eigenvalue weighted by Gasteiger charge is 2.22. The molecule has 0 unspecified atom stereocenters. The molecule has 0 saturated carbocycles. The van der Waals surface area contributed by atoms with Crippen molar-refractivity contribution in [1.82, 2.24) is 4.90 Å². The standard InChI is InChI=1S/C25H26N2O2/c28-26-25(22-7-3-1-4-8-22)19-27-17-15-21(16-18-27)20-11-13-24(14-12-20)29-23-9-5-2-6-10-23/h1-14,21,28H,15-19H2/b26-25+. The van der Waals surface area contributed by atoms with Gasteiger partial charge in [0.25, 0.3) is 0 Å². The maximum absolute atomic E-state index is 9.42. The van der Waals surface area contributed by atoms with Crippen LogP contribution in [0, 0.1) is 0 Å². The summed E-state index contributed by atoms with van der Waals surface area (Å²) in [6.07, 6.45) is 2.21. The Hall–Kier alpha value is -3.11. The molecule has 4 heteroatoms. The Morgan fingerprint density at radius 1 is 0.828 bits per heavy atom. The number of ether oxygens (including phenoxy) is 1. The maximum Gasteiger partial charge on any atom is 0.127 e. The lowest BCUT2D eigenvalue weighted by Gasteiger charge is -2.32. The third-order valence-electron chi connectivity index (χ3n) is 5.52. The Morgan fingerprint density at radius 3 is 2.03 bits per heavy atom. The summed E-state index contributed by atoms with van der Waals surface area (Å²) in [5.74, 6) is 2.28. The highest BCUT2D eigenvalue weighted by molar-refractivity contribution is 6.01. The molecule has 4 nitrogen and oxygen atoms in total. The van der Waals surface area contributed by atoms with Gasteiger partial charge in [0.2, 0.25) is 0 Å². The van der Waals surface area contributed by atoms with Gasteiger partial charge in [-0.05, 0) is 61.7 Å². The summed E-state index contributed by atoms with van der Waals surface area (Å²) in [7, 11) is 0. The van der Waals surface area contributed by atoms with Crippen LogP contribution in [0.25, 0.3) is 0 Å². The predicted molar refractivity (Wildman–Crippen MR) is 116 cm³/mol. The number of hydrogen-bond donors (Lipinski definition) is 1. The van der Waals surface area contributed by atoms with E-state index < -0.39 is 0 Å². The molecule has 0 spiro atoms. The van der Waals surface area contributed by atoms with Gasteiger partial charge in [-0.15, -0.1) is 0 Å². The maximum atomic E-state index is 9.42. The minimum atomic E-state index is 0.559. The van der Waals surface area contributed by atoms with Gasteiger partial charge in [0.05, 0.1) is 0 Å². The number of para-hydroxylation sites is 1. The minimum Gasteiger partial charge on any atom is -0.457 e. The summed E-state index contributed by atoms with van der Waals surface area (Å²) in [4.78, 5) is 2.37. The summed E-state index contributed by atoms with van der Waals surface area (Å²) >= 11 is 0. The number of oxime groups is 1. The summed E-state index contributed by atoms with van der Waals surface area (Å²) in [6.45, 7) is 2.68. The van der Waals surface area contributed by atoms with E-state index >= 15 is 0 Å². The Labute approximate surface area is 172 Å². The first kappa shape index (κ1) is 19.2. The van der Waals surface area contributed by atoms with E-state index in [9.17, 15) is 5.21 Å². The number of benzene rings is 3. The van der Waals surface area contributed by atoms with Crippen molar-refractivity contribution in [3.8, 4) is 11.5 Å². The second-order valence-electron chi connectivity index (χ2n) is 7.45. The van der Waals surface area contributed by atoms with Crippen LogP contribution in [0.3, 0.4) is 0 Å². The zero-order valence-corrected chi connectivity index (χ0v) is 16.4. The van der Waals surface area contributed by atoms with E-state index in [0.29, 0.717) is 12.5 Å². The lowest BCUT2D eigenvalue weighted by molar-refractivity contribution is 0.235. The van der Waals surface area contributed by atoms with E-state index in [1.165, 1.54) is 5.56 Å². The largest absolute Gasteiger partial charge is 0.457 e. The molecule has 0 aliphatic carbocycles. The number of likely N-dealkylation sites (tertiary alicyclic amines) is 1. The molecular weight excluding hydrogens is 360 g/mol. The van der Waals surface area contributed by atoms with Crippen LogP contribution in [0.1, 0.15) is 29.9 Å². The van der Waals surface area contributed by atoms with Gasteiger partial charge < -0.3 is 9.94 Å². The smallest absolute Gasteiger partial charge is 0.127 e. The Balaban J connectivity index is 1.31. The summed E-state index contributed by atoms with van der Waals surface area (Å²) < 4.78 is 5.89. The molecule has 0 bridgehead atoms. The van der Waals surface area contributed by atoms with Gasteiger partial charge in [0.1, 0.15) is 17.2 Å². The molecule has 0 atom stereocenters. The normalized spacial score (nSPS) is 15.9. The van der Waals surface area contributed by atoms with E-state index in [1.54, 1.807) is 0 Å². The molecule has 1 fully saturated rings. The number of rotatable bonds is 6. The van der Waals surface area contributed by atoms with Gasteiger partial charge in [-0.3, -0.25) is 4.90 Å². The van der Waals surface area contributed by atoms with Crippen LogP contribution in [-0.4, -0.2) is 35.5 Å². The van der Waals surface area contributed by atoms with Crippen molar-refractivity contribution >= 4 is 5.71 Å². The van der Waals surface area contributed by atoms with Crippen LogP contribution in [0.5, 0.6) is 11.5 Å². The quantitative estimate of drug-likeness (QED) is 0.344. The predicted octanol–water partition coefficient (Wildman–Crippen LogP) is 5.54. The molecule has 1 heterocycles. The lowest BCUT2D eigenvalue weighted by Crippen LogP contribution is -2.37. The Bertz CT molecular complexity index is 916. The fourth-order valence-electron chi connectivity index (χ4n) is 3.88. The summed E-state index contributed by atoms with van der Waals surface area (Å²) in [6, 6.07) is 28.2. The highest BCUT2D eigenvalue weighted by Crippen LogP contribution is 2.30. The van der Waals surface area contributed by atoms with Crippen LogP contribution in [0.2, 0.25) is 0 Å². The average Bonchev–Trinajstić information content (AvgIpc) is 2.80. The molecule has 4 rings (SSSR count). The van der Waals surface area contributed by atoms with E-state index in [2.05, 4.69) is 34.3 Å².